The molecule has 0 saturated heterocycles. The molecule has 0 unspecified atom stereocenters. The van der Waals surface area contributed by atoms with Gasteiger partial charge in [0.2, 0.25) is 0 Å². The Balaban J connectivity index is 1.10. The first kappa shape index (κ1) is 35.3. The molecule has 8 aromatic carbocycles. The molecule has 0 bridgehead atoms. The maximum Gasteiger partial charge on any atom is 0.164 e. The minimum Gasteiger partial charge on any atom is -0.309 e. The fraction of sp³-hybridized carbons (Fsp3) is 0. The number of hydrogen-bond acceptors (Lipinski definition) is 7. The summed E-state index contributed by atoms with van der Waals surface area (Å²) in [4.78, 5) is 26.2. The number of hydrogen-bond donors (Lipinski definition) is 0. The average Bonchev–Trinajstić information content (AvgIpc) is 4.06. The van der Waals surface area contributed by atoms with Crippen molar-refractivity contribution in [1.29, 1.82) is 0 Å². The lowest BCUT2D eigenvalue weighted by molar-refractivity contribution is 1.08. The monoisotopic (exact) mass is 816 g/mol. The molecule has 6 nitrogen and oxygen atoms in total. The molecule has 0 spiro atoms. The smallest absolute Gasteiger partial charge is 0.164 e. The molecule has 0 N–H and O–H groups in total. The van der Waals surface area contributed by atoms with Crippen molar-refractivity contribution in [2.75, 3.05) is 0 Å². The Labute approximate surface area is 358 Å². The molecule has 0 aliphatic heterocycles. The predicted molar refractivity (Wildman–Crippen MR) is 253 cm³/mol. The highest BCUT2D eigenvalue weighted by atomic mass is 32.1. The lowest BCUT2D eigenvalue weighted by atomic mass is 10.0. The van der Waals surface area contributed by atoms with E-state index in [4.69, 9.17) is 24.9 Å². The molecule has 0 saturated carbocycles. The van der Waals surface area contributed by atoms with Gasteiger partial charge in [0.1, 0.15) is 10.0 Å². The van der Waals surface area contributed by atoms with Crippen molar-refractivity contribution in [2.24, 2.45) is 0 Å². The van der Waals surface area contributed by atoms with E-state index < -0.39 is 0 Å². The molecule has 12 aromatic rings. The minimum atomic E-state index is 0.571. The second kappa shape index (κ2) is 14.6. The largest absolute Gasteiger partial charge is 0.309 e. The minimum absolute atomic E-state index is 0.571. The fourth-order valence-electron chi connectivity index (χ4n) is 8.25. The summed E-state index contributed by atoms with van der Waals surface area (Å²) in [7, 11) is 0. The van der Waals surface area contributed by atoms with Crippen LogP contribution in [0.2, 0.25) is 0 Å². The summed E-state index contributed by atoms with van der Waals surface area (Å²) >= 11 is 3.36. The van der Waals surface area contributed by atoms with Crippen LogP contribution >= 0.6 is 22.7 Å². The molecule has 0 fully saturated rings. The lowest BCUT2D eigenvalue weighted by Crippen LogP contribution is -2.01. The van der Waals surface area contributed by atoms with Crippen LogP contribution in [0.25, 0.3) is 114 Å². The van der Waals surface area contributed by atoms with Gasteiger partial charge >= 0.3 is 0 Å². The molecule has 12 rings (SSSR count). The van der Waals surface area contributed by atoms with Crippen molar-refractivity contribution in [2.45, 2.75) is 0 Å². The van der Waals surface area contributed by atoms with Crippen molar-refractivity contribution in [3.8, 4) is 72.1 Å². The highest BCUT2D eigenvalue weighted by Crippen LogP contribution is 2.41. The number of nitrogens with zero attached hydrogens (tertiary/aromatic N) is 6. The van der Waals surface area contributed by atoms with Crippen LogP contribution in [0.15, 0.2) is 194 Å². The Morgan fingerprint density at radius 3 is 1.52 bits per heavy atom. The zero-order valence-corrected chi connectivity index (χ0v) is 34.1. The molecular formula is C53H32N6S2. The van der Waals surface area contributed by atoms with Gasteiger partial charge in [0.05, 0.1) is 31.5 Å². The number of thiazole rings is 2. The van der Waals surface area contributed by atoms with Gasteiger partial charge in [-0.1, -0.05) is 127 Å². The first-order valence-corrected chi connectivity index (χ1v) is 21.7. The molecule has 8 heteroatoms. The van der Waals surface area contributed by atoms with Crippen LogP contribution in [0.5, 0.6) is 0 Å². The van der Waals surface area contributed by atoms with Crippen molar-refractivity contribution < 1.29 is 0 Å². The Bertz CT molecular complexity index is 3430. The van der Waals surface area contributed by atoms with E-state index in [9.17, 15) is 0 Å². The van der Waals surface area contributed by atoms with Crippen LogP contribution in [0.4, 0.5) is 0 Å². The van der Waals surface area contributed by atoms with E-state index in [2.05, 4.69) is 180 Å². The average molecular weight is 817 g/mol. The van der Waals surface area contributed by atoms with E-state index in [0.717, 1.165) is 96.9 Å². The van der Waals surface area contributed by atoms with E-state index in [0.29, 0.717) is 17.5 Å². The van der Waals surface area contributed by atoms with Crippen LogP contribution in [0, 0.1) is 0 Å². The summed E-state index contributed by atoms with van der Waals surface area (Å²) in [5.41, 5.74) is 12.2. The third-order valence-electron chi connectivity index (χ3n) is 11.1. The second-order valence-electron chi connectivity index (χ2n) is 14.9. The molecule has 286 valence electrons. The van der Waals surface area contributed by atoms with E-state index in [1.165, 1.54) is 0 Å². The molecular weight excluding hydrogens is 785 g/mol. The first-order valence-electron chi connectivity index (χ1n) is 20.1. The third-order valence-corrected chi connectivity index (χ3v) is 13.3. The maximum absolute atomic E-state index is 5.39. The van der Waals surface area contributed by atoms with Gasteiger partial charge in [0, 0.05) is 44.3 Å². The van der Waals surface area contributed by atoms with Gasteiger partial charge in [0.15, 0.2) is 17.5 Å². The van der Waals surface area contributed by atoms with Gasteiger partial charge in [-0.25, -0.2) is 24.9 Å². The zero-order valence-electron chi connectivity index (χ0n) is 32.5. The SMILES string of the molecule is c1ccc(-c2ccc(-c3nc(-c4cc(-c5nc6ccccc6s5)cc(-c5nc6ccccc6s5)c4)nc(-c4cccc5c4c4ccccc4n5-c4ccccc4)n3)cc2)cc1. The van der Waals surface area contributed by atoms with Gasteiger partial charge < -0.3 is 4.57 Å². The Hall–Kier alpha value is -7.65. The summed E-state index contributed by atoms with van der Waals surface area (Å²) in [5.74, 6) is 1.76. The number of benzene rings is 8. The normalized spacial score (nSPS) is 11.6. The van der Waals surface area contributed by atoms with Crippen molar-refractivity contribution in [1.82, 2.24) is 29.5 Å². The van der Waals surface area contributed by atoms with E-state index in [1.807, 2.05) is 18.2 Å². The van der Waals surface area contributed by atoms with Crippen molar-refractivity contribution >= 4 is 64.9 Å². The summed E-state index contributed by atoms with van der Waals surface area (Å²) in [6.07, 6.45) is 0. The molecule has 0 amide bonds. The van der Waals surface area contributed by atoms with Gasteiger partial charge in [-0.15, -0.1) is 22.7 Å². The fourth-order valence-corrected chi connectivity index (χ4v) is 10.2. The van der Waals surface area contributed by atoms with E-state index in [1.54, 1.807) is 22.7 Å². The number of fused-ring (bicyclic) bond motifs is 5. The molecule has 0 aliphatic carbocycles. The van der Waals surface area contributed by atoms with E-state index >= 15 is 0 Å². The highest BCUT2D eigenvalue weighted by molar-refractivity contribution is 7.22. The number of aromatic nitrogens is 6. The molecule has 61 heavy (non-hydrogen) atoms. The standard InChI is InChI=1S/C53H32N6S2/c1-3-14-33(15-4-1)34-26-28-35(29-27-34)49-56-50(58-51(57-49)41-19-13-23-45-48(41)40-18-7-10-22-44(40)59(45)39-16-5-2-6-17-39)36-30-37(52-54-42-20-8-11-24-46(42)60-52)32-38(31-36)53-55-43-21-9-12-25-47(43)61-53/h1-32H. The molecule has 4 heterocycles. The maximum atomic E-state index is 5.39. The summed E-state index contributed by atoms with van der Waals surface area (Å²) in [6, 6.07) is 67.5. The number of rotatable bonds is 7. The highest BCUT2D eigenvalue weighted by Gasteiger charge is 2.21. The zero-order chi connectivity index (χ0) is 40.3. The molecule has 0 aliphatic rings. The quantitative estimate of drug-likeness (QED) is 0.160. The lowest BCUT2D eigenvalue weighted by Gasteiger charge is -2.12. The third kappa shape index (κ3) is 6.28. The Morgan fingerprint density at radius 2 is 0.852 bits per heavy atom. The Morgan fingerprint density at radius 1 is 0.344 bits per heavy atom. The molecule has 0 radical (unpaired) electrons. The van der Waals surface area contributed by atoms with Crippen LogP contribution in [0.3, 0.4) is 0 Å². The van der Waals surface area contributed by atoms with Crippen LogP contribution < -0.4 is 0 Å². The van der Waals surface area contributed by atoms with Crippen LogP contribution in [0.1, 0.15) is 0 Å². The first-order chi connectivity index (χ1) is 30.2. The van der Waals surface area contributed by atoms with Crippen molar-refractivity contribution in [3.05, 3.63) is 194 Å². The van der Waals surface area contributed by atoms with Gasteiger partial charge in [-0.3, -0.25) is 0 Å². The van der Waals surface area contributed by atoms with Gasteiger partial charge in [0.25, 0.3) is 0 Å². The topological polar surface area (TPSA) is 69.4 Å². The number of para-hydroxylation sites is 4. The Kier molecular flexibility index (Phi) is 8.43. The van der Waals surface area contributed by atoms with E-state index in [-0.39, 0.29) is 0 Å². The molecule has 0 atom stereocenters. The second-order valence-corrected chi connectivity index (χ2v) is 17.0. The molecule has 4 aromatic heterocycles. The predicted octanol–water partition coefficient (Wildman–Crippen LogP) is 14.2. The summed E-state index contributed by atoms with van der Waals surface area (Å²) in [5, 5.41) is 4.07. The van der Waals surface area contributed by atoms with Crippen molar-refractivity contribution in [3.63, 3.8) is 0 Å². The van der Waals surface area contributed by atoms with Gasteiger partial charge in [-0.2, -0.15) is 0 Å². The van der Waals surface area contributed by atoms with Gasteiger partial charge in [-0.05, 0) is 77.9 Å². The summed E-state index contributed by atoms with van der Waals surface area (Å²) in [6.45, 7) is 0. The van der Waals surface area contributed by atoms with Crippen LogP contribution in [-0.4, -0.2) is 29.5 Å². The van der Waals surface area contributed by atoms with Crippen LogP contribution in [-0.2, 0) is 0 Å². The summed E-state index contributed by atoms with van der Waals surface area (Å²) < 4.78 is 4.59.